The smallest absolute Gasteiger partial charge is 0.264 e. The Morgan fingerprint density at radius 3 is 2.65 bits per heavy atom. The lowest BCUT2D eigenvalue weighted by atomic mass is 9.93. The maximum absolute atomic E-state index is 12.6. The van der Waals surface area contributed by atoms with Crippen LogP contribution in [0, 0.1) is 0 Å². The van der Waals surface area contributed by atoms with Gasteiger partial charge in [-0.3, -0.25) is 4.79 Å². The molecule has 0 aliphatic heterocycles. The third-order valence-electron chi connectivity index (χ3n) is 2.93. The van der Waals surface area contributed by atoms with E-state index in [-0.39, 0.29) is 23.1 Å². The van der Waals surface area contributed by atoms with Gasteiger partial charge in [0.1, 0.15) is 0 Å². The van der Waals surface area contributed by atoms with Gasteiger partial charge < -0.3 is 5.32 Å². The number of benzene rings is 1. The molecule has 1 aliphatic carbocycles. The minimum Gasteiger partial charge on any atom is -0.349 e. The van der Waals surface area contributed by atoms with Gasteiger partial charge in [0.15, 0.2) is 0 Å². The number of carbonyl (C=O) groups is 1. The minimum absolute atomic E-state index is 0.147. The van der Waals surface area contributed by atoms with E-state index in [2.05, 4.69) is 21.2 Å². The van der Waals surface area contributed by atoms with E-state index in [1.54, 1.807) is 6.07 Å². The van der Waals surface area contributed by atoms with Crippen molar-refractivity contribution in [1.82, 2.24) is 5.32 Å². The van der Waals surface area contributed by atoms with Gasteiger partial charge in [-0.2, -0.15) is 0 Å². The first-order valence-corrected chi connectivity index (χ1v) is 6.25. The molecule has 0 radical (unpaired) electrons. The highest BCUT2D eigenvalue weighted by Gasteiger charge is 2.21. The Balaban J connectivity index is 2.14. The maximum Gasteiger partial charge on any atom is 0.264 e. The van der Waals surface area contributed by atoms with Crippen LogP contribution in [-0.2, 0) is 0 Å². The van der Waals surface area contributed by atoms with E-state index in [0.717, 1.165) is 19.3 Å². The Morgan fingerprint density at radius 1 is 1.41 bits per heavy atom. The number of amides is 1. The van der Waals surface area contributed by atoms with Crippen LogP contribution in [-0.4, -0.2) is 11.9 Å². The molecule has 92 valence electrons. The fourth-order valence-corrected chi connectivity index (χ4v) is 2.09. The van der Waals surface area contributed by atoms with Gasteiger partial charge in [-0.1, -0.05) is 15.9 Å². The second-order valence-electron chi connectivity index (χ2n) is 4.14. The molecule has 0 bridgehead atoms. The van der Waals surface area contributed by atoms with Crippen LogP contribution in [0.15, 0.2) is 22.7 Å². The third-order valence-corrected chi connectivity index (χ3v) is 3.66. The van der Waals surface area contributed by atoms with E-state index in [1.807, 2.05) is 0 Å². The van der Waals surface area contributed by atoms with Crippen molar-refractivity contribution >= 4 is 21.8 Å². The van der Waals surface area contributed by atoms with Gasteiger partial charge in [0, 0.05) is 21.6 Å². The first-order chi connectivity index (χ1) is 8.08. The largest absolute Gasteiger partial charge is 0.349 e. The Hall–Kier alpha value is -0.970. The topological polar surface area (TPSA) is 29.1 Å². The van der Waals surface area contributed by atoms with Gasteiger partial charge in [0.05, 0.1) is 0 Å². The molecule has 1 aromatic carbocycles. The third kappa shape index (κ3) is 2.83. The summed E-state index contributed by atoms with van der Waals surface area (Å²) >= 11 is 3.04. The number of hydrogen-bond donors (Lipinski definition) is 1. The van der Waals surface area contributed by atoms with Crippen molar-refractivity contribution in [3.63, 3.8) is 0 Å². The molecule has 17 heavy (non-hydrogen) atoms. The summed E-state index contributed by atoms with van der Waals surface area (Å²) in [6.07, 6.45) is 0.488. The highest BCUT2D eigenvalue weighted by atomic mass is 79.9. The van der Waals surface area contributed by atoms with Crippen molar-refractivity contribution in [3.05, 3.63) is 33.8 Å². The number of hydrogen-bond acceptors (Lipinski definition) is 1. The molecule has 1 aliphatic rings. The monoisotopic (exact) mass is 303 g/mol. The number of alkyl halides is 2. The lowest BCUT2D eigenvalue weighted by Crippen LogP contribution is -2.39. The second-order valence-corrected chi connectivity index (χ2v) is 4.99. The van der Waals surface area contributed by atoms with Crippen molar-refractivity contribution in [2.75, 3.05) is 0 Å². The zero-order chi connectivity index (χ0) is 12.4. The molecule has 1 aromatic rings. The molecule has 1 N–H and O–H groups in total. The van der Waals surface area contributed by atoms with Crippen LogP contribution in [0.3, 0.4) is 0 Å². The molecule has 5 heteroatoms. The minimum atomic E-state index is -2.58. The van der Waals surface area contributed by atoms with Gasteiger partial charge in [-0.15, -0.1) is 0 Å². The SMILES string of the molecule is O=C(NC1CCC1)c1ccc(Br)c(C(F)F)c1. The molecule has 0 spiro atoms. The molecular formula is C12H12BrF2NO. The lowest BCUT2D eigenvalue weighted by molar-refractivity contribution is 0.0916. The van der Waals surface area contributed by atoms with Crippen LogP contribution < -0.4 is 5.32 Å². The quantitative estimate of drug-likeness (QED) is 0.907. The fraction of sp³-hybridized carbons (Fsp3) is 0.417. The van der Waals surface area contributed by atoms with Crippen molar-refractivity contribution < 1.29 is 13.6 Å². The molecule has 0 atom stereocenters. The van der Waals surface area contributed by atoms with Crippen LogP contribution in [0.4, 0.5) is 8.78 Å². The van der Waals surface area contributed by atoms with E-state index < -0.39 is 6.43 Å². The Kier molecular flexibility index (Phi) is 3.76. The van der Waals surface area contributed by atoms with Crippen LogP contribution in [0.5, 0.6) is 0 Å². The number of nitrogens with one attached hydrogen (secondary N) is 1. The summed E-state index contributed by atoms with van der Waals surface area (Å²) in [5.41, 5.74) is 0.140. The van der Waals surface area contributed by atoms with Crippen molar-refractivity contribution in [3.8, 4) is 0 Å². The van der Waals surface area contributed by atoms with E-state index in [0.29, 0.717) is 4.47 Å². The van der Waals surface area contributed by atoms with Gasteiger partial charge in [0.2, 0.25) is 0 Å². The Bertz CT molecular complexity index is 433. The molecular weight excluding hydrogens is 292 g/mol. The number of carbonyl (C=O) groups excluding carboxylic acids is 1. The molecule has 0 aromatic heterocycles. The normalized spacial score (nSPS) is 15.8. The van der Waals surface area contributed by atoms with Crippen LogP contribution >= 0.6 is 15.9 Å². The van der Waals surface area contributed by atoms with Crippen LogP contribution in [0.1, 0.15) is 41.6 Å². The predicted molar refractivity (Wildman–Crippen MR) is 64.2 cm³/mol. The molecule has 1 fully saturated rings. The predicted octanol–water partition coefficient (Wildman–Crippen LogP) is 3.67. The summed E-state index contributed by atoms with van der Waals surface area (Å²) in [5, 5.41) is 2.82. The van der Waals surface area contributed by atoms with Gasteiger partial charge in [-0.05, 0) is 37.5 Å². The van der Waals surface area contributed by atoms with Crippen molar-refractivity contribution in [2.45, 2.75) is 31.7 Å². The summed E-state index contributed by atoms with van der Waals surface area (Å²) in [5.74, 6) is -0.274. The average Bonchev–Trinajstić information content (AvgIpc) is 2.23. The molecule has 1 amide bonds. The lowest BCUT2D eigenvalue weighted by Gasteiger charge is -2.26. The highest BCUT2D eigenvalue weighted by molar-refractivity contribution is 9.10. The van der Waals surface area contributed by atoms with E-state index in [9.17, 15) is 13.6 Å². The Labute approximate surface area is 107 Å². The van der Waals surface area contributed by atoms with E-state index in [4.69, 9.17) is 0 Å². The van der Waals surface area contributed by atoms with Gasteiger partial charge in [0.25, 0.3) is 12.3 Å². The summed E-state index contributed by atoms with van der Waals surface area (Å²) in [4.78, 5) is 11.8. The second kappa shape index (κ2) is 5.12. The molecule has 1 saturated carbocycles. The van der Waals surface area contributed by atoms with Crippen molar-refractivity contribution in [1.29, 1.82) is 0 Å². The molecule has 2 nitrogen and oxygen atoms in total. The summed E-state index contributed by atoms with van der Waals surface area (Å²) < 4.78 is 25.6. The van der Waals surface area contributed by atoms with Gasteiger partial charge >= 0.3 is 0 Å². The molecule has 0 heterocycles. The highest BCUT2D eigenvalue weighted by Crippen LogP contribution is 2.28. The summed E-state index contributed by atoms with van der Waals surface area (Å²) in [6, 6.07) is 4.48. The first-order valence-electron chi connectivity index (χ1n) is 5.46. The molecule has 0 saturated heterocycles. The molecule has 2 rings (SSSR count). The number of rotatable bonds is 3. The average molecular weight is 304 g/mol. The standard InChI is InChI=1S/C12H12BrF2NO/c13-10-5-4-7(6-9(10)11(14)15)12(17)16-8-2-1-3-8/h4-6,8,11H,1-3H2,(H,16,17). The van der Waals surface area contributed by atoms with Crippen LogP contribution in [0.2, 0.25) is 0 Å². The summed E-state index contributed by atoms with van der Waals surface area (Å²) in [6.45, 7) is 0. The molecule has 0 unspecified atom stereocenters. The maximum atomic E-state index is 12.6. The fourth-order valence-electron chi connectivity index (χ4n) is 1.67. The zero-order valence-corrected chi connectivity index (χ0v) is 10.6. The first kappa shape index (κ1) is 12.5. The van der Waals surface area contributed by atoms with Gasteiger partial charge in [-0.25, -0.2) is 8.78 Å². The van der Waals surface area contributed by atoms with Crippen molar-refractivity contribution in [2.24, 2.45) is 0 Å². The van der Waals surface area contributed by atoms with Crippen LogP contribution in [0.25, 0.3) is 0 Å². The van der Waals surface area contributed by atoms with E-state index >= 15 is 0 Å². The van der Waals surface area contributed by atoms with E-state index in [1.165, 1.54) is 12.1 Å². The zero-order valence-electron chi connectivity index (χ0n) is 9.05. The number of halogens is 3. The Morgan fingerprint density at radius 2 is 2.12 bits per heavy atom. The summed E-state index contributed by atoms with van der Waals surface area (Å²) in [7, 11) is 0.